The molecule has 0 aromatic rings. The summed E-state index contributed by atoms with van der Waals surface area (Å²) in [5.74, 6) is 0.717. The summed E-state index contributed by atoms with van der Waals surface area (Å²) < 4.78 is 25.9. The molecule has 0 aliphatic rings. The molecular formula is C11H24O5P-. The predicted molar refractivity (Wildman–Crippen MR) is 64.6 cm³/mol. The Morgan fingerprint density at radius 2 is 1.82 bits per heavy atom. The Bertz CT molecular complexity index is 242. The Morgan fingerprint density at radius 3 is 2.24 bits per heavy atom. The van der Waals surface area contributed by atoms with E-state index < -0.39 is 13.9 Å². The molecule has 5 nitrogen and oxygen atoms in total. The van der Waals surface area contributed by atoms with E-state index in [1.165, 1.54) is 0 Å². The van der Waals surface area contributed by atoms with E-state index in [1.807, 2.05) is 0 Å². The average Bonchev–Trinajstić information content (AvgIpc) is 2.13. The van der Waals surface area contributed by atoms with Crippen molar-refractivity contribution in [2.24, 2.45) is 11.8 Å². The van der Waals surface area contributed by atoms with Crippen LogP contribution >= 0.6 is 7.82 Å². The lowest BCUT2D eigenvalue weighted by Gasteiger charge is -2.26. The summed E-state index contributed by atoms with van der Waals surface area (Å²) >= 11 is 0. The van der Waals surface area contributed by atoms with Crippen molar-refractivity contribution in [3.63, 3.8) is 0 Å². The minimum Gasteiger partial charge on any atom is -0.756 e. The molecule has 0 saturated heterocycles. The third-order valence-corrected chi connectivity index (χ3v) is 3.58. The first-order chi connectivity index (χ1) is 7.78. The van der Waals surface area contributed by atoms with E-state index in [0.717, 1.165) is 0 Å². The van der Waals surface area contributed by atoms with Crippen LogP contribution < -0.4 is 4.89 Å². The van der Waals surface area contributed by atoms with Crippen molar-refractivity contribution in [1.82, 2.24) is 0 Å². The lowest BCUT2D eigenvalue weighted by Crippen LogP contribution is -2.19. The van der Waals surface area contributed by atoms with Crippen LogP contribution in [0.25, 0.3) is 0 Å². The minimum atomic E-state index is -4.14. The number of hydrogen-bond acceptors (Lipinski definition) is 5. The Hall–Kier alpha value is 0.0700. The lowest BCUT2D eigenvalue weighted by atomic mass is 9.94. The number of hydrogen-bond donors (Lipinski definition) is 0. The summed E-state index contributed by atoms with van der Waals surface area (Å²) in [4.78, 5) is 11.3. The molecule has 0 radical (unpaired) electrons. The maximum atomic E-state index is 11.3. The first-order valence-electron chi connectivity index (χ1n) is 5.91. The highest BCUT2D eigenvalue weighted by Gasteiger charge is 2.16. The third-order valence-electron chi connectivity index (χ3n) is 2.40. The van der Waals surface area contributed by atoms with Crippen molar-refractivity contribution in [2.45, 2.75) is 40.2 Å². The van der Waals surface area contributed by atoms with Crippen LogP contribution in [0.1, 0.15) is 34.1 Å². The van der Waals surface area contributed by atoms with Gasteiger partial charge < -0.3 is 18.7 Å². The molecule has 0 rings (SSSR count). The van der Waals surface area contributed by atoms with Gasteiger partial charge in [-0.2, -0.15) is 0 Å². The molecule has 2 unspecified atom stereocenters. The van der Waals surface area contributed by atoms with Gasteiger partial charge in [0.05, 0.1) is 12.7 Å². The lowest BCUT2D eigenvalue weighted by molar-refractivity contribution is -0.228. The van der Waals surface area contributed by atoms with Crippen molar-refractivity contribution in [3.8, 4) is 0 Å². The largest absolute Gasteiger partial charge is 0.756 e. The molecule has 0 saturated carbocycles. The van der Waals surface area contributed by atoms with E-state index in [9.17, 15) is 9.46 Å². The number of phosphoric ester groups is 1. The Labute approximate surface area is 104 Å². The van der Waals surface area contributed by atoms with Crippen LogP contribution in [0.15, 0.2) is 0 Å². The molecular weight excluding hydrogens is 243 g/mol. The van der Waals surface area contributed by atoms with Gasteiger partial charge in [0.1, 0.15) is 0 Å². The molecule has 17 heavy (non-hydrogen) atoms. The maximum absolute atomic E-state index is 11.3. The molecule has 0 fully saturated rings. The average molecular weight is 267 g/mol. The normalized spacial score (nSPS) is 17.4. The molecule has 2 atom stereocenters. The summed E-state index contributed by atoms with van der Waals surface area (Å²) in [6.45, 7) is 8.19. The molecule has 104 valence electrons. The van der Waals surface area contributed by atoms with Crippen LogP contribution in [0.2, 0.25) is 0 Å². The molecule has 0 aliphatic heterocycles. The van der Waals surface area contributed by atoms with Gasteiger partial charge in [-0.15, -0.1) is 0 Å². The molecule has 0 aliphatic carbocycles. The summed E-state index contributed by atoms with van der Waals surface area (Å²) in [7, 11) is -2.51. The summed E-state index contributed by atoms with van der Waals surface area (Å²) in [5, 5.41) is 0. The van der Waals surface area contributed by atoms with Crippen molar-refractivity contribution >= 4 is 7.82 Å². The van der Waals surface area contributed by atoms with E-state index >= 15 is 0 Å². The van der Waals surface area contributed by atoms with Crippen LogP contribution in [0.5, 0.6) is 0 Å². The van der Waals surface area contributed by atoms with E-state index in [0.29, 0.717) is 24.9 Å². The van der Waals surface area contributed by atoms with Crippen LogP contribution in [-0.4, -0.2) is 26.4 Å². The second-order valence-electron chi connectivity index (χ2n) is 4.68. The van der Waals surface area contributed by atoms with Gasteiger partial charge in [0.2, 0.25) is 0 Å². The standard InChI is InChI=1S/C11H25O5P/c1-9(2)11(8-14-5)6-7-15-17(12,13)16-10(3)4/h9-11H,6-8H2,1-5H3,(H,12,13)/p-1. The fourth-order valence-electron chi connectivity index (χ4n) is 1.43. The fraction of sp³-hybridized carbons (Fsp3) is 1.00. The van der Waals surface area contributed by atoms with Gasteiger partial charge in [0.25, 0.3) is 7.82 Å². The molecule has 0 N–H and O–H groups in total. The van der Waals surface area contributed by atoms with Crippen LogP contribution in [-0.2, 0) is 18.3 Å². The van der Waals surface area contributed by atoms with Crippen molar-refractivity contribution in [1.29, 1.82) is 0 Å². The minimum absolute atomic E-state index is 0.139. The third kappa shape index (κ3) is 8.75. The topological polar surface area (TPSA) is 67.8 Å². The Kier molecular flexibility index (Phi) is 8.25. The van der Waals surface area contributed by atoms with Gasteiger partial charge in [0, 0.05) is 13.7 Å². The van der Waals surface area contributed by atoms with Crippen molar-refractivity contribution < 1.29 is 23.2 Å². The summed E-state index contributed by atoms with van der Waals surface area (Å²) in [6, 6.07) is 0. The van der Waals surface area contributed by atoms with Crippen LogP contribution in [0.3, 0.4) is 0 Å². The first kappa shape index (κ1) is 17.1. The zero-order valence-electron chi connectivity index (χ0n) is 11.3. The smallest absolute Gasteiger partial charge is 0.268 e. The number of rotatable bonds is 9. The van der Waals surface area contributed by atoms with Crippen LogP contribution in [0.4, 0.5) is 0 Å². The van der Waals surface area contributed by atoms with Crippen molar-refractivity contribution in [2.75, 3.05) is 20.3 Å². The molecule has 0 heterocycles. The van der Waals surface area contributed by atoms with Gasteiger partial charge in [-0.1, -0.05) is 13.8 Å². The van der Waals surface area contributed by atoms with E-state index in [-0.39, 0.29) is 6.61 Å². The summed E-state index contributed by atoms with van der Waals surface area (Å²) in [5.41, 5.74) is 0. The number of phosphoric acid groups is 1. The molecule has 0 aromatic carbocycles. The Balaban J connectivity index is 3.98. The highest BCUT2D eigenvalue weighted by Crippen LogP contribution is 2.40. The molecule has 0 aromatic heterocycles. The Morgan fingerprint density at radius 1 is 1.24 bits per heavy atom. The molecule has 0 bridgehead atoms. The predicted octanol–water partition coefficient (Wildman–Crippen LogP) is 2.21. The monoisotopic (exact) mass is 267 g/mol. The molecule has 0 spiro atoms. The number of methoxy groups -OCH3 is 1. The van der Waals surface area contributed by atoms with Crippen molar-refractivity contribution in [3.05, 3.63) is 0 Å². The van der Waals surface area contributed by atoms with Gasteiger partial charge in [-0.3, -0.25) is 4.57 Å². The summed E-state index contributed by atoms with van der Waals surface area (Å²) in [6.07, 6.45) is 0.248. The second-order valence-corrected chi connectivity index (χ2v) is 6.05. The van der Waals surface area contributed by atoms with Crippen LogP contribution in [0, 0.1) is 11.8 Å². The SMILES string of the molecule is COCC(CCOP(=O)([O-])OC(C)C)C(C)C. The van der Waals surface area contributed by atoms with Gasteiger partial charge in [-0.25, -0.2) is 0 Å². The fourth-order valence-corrected chi connectivity index (χ4v) is 2.33. The zero-order valence-corrected chi connectivity index (χ0v) is 12.2. The molecule has 0 amide bonds. The second kappa shape index (κ2) is 8.22. The van der Waals surface area contributed by atoms with E-state index in [2.05, 4.69) is 18.4 Å². The highest BCUT2D eigenvalue weighted by molar-refractivity contribution is 7.45. The van der Waals surface area contributed by atoms with Gasteiger partial charge in [0.15, 0.2) is 0 Å². The molecule has 6 heteroatoms. The quantitative estimate of drug-likeness (QED) is 0.599. The highest BCUT2D eigenvalue weighted by atomic mass is 31.2. The number of ether oxygens (including phenoxy) is 1. The first-order valence-corrected chi connectivity index (χ1v) is 7.37. The van der Waals surface area contributed by atoms with E-state index in [1.54, 1.807) is 21.0 Å². The maximum Gasteiger partial charge on any atom is 0.268 e. The van der Waals surface area contributed by atoms with Gasteiger partial charge in [-0.05, 0) is 32.1 Å². The van der Waals surface area contributed by atoms with Gasteiger partial charge >= 0.3 is 0 Å². The zero-order chi connectivity index (χ0) is 13.5. The van der Waals surface area contributed by atoms with E-state index in [4.69, 9.17) is 9.26 Å².